The van der Waals surface area contributed by atoms with Crippen LogP contribution in [-0.2, 0) is 24.0 Å². The lowest BCUT2D eigenvalue weighted by Gasteiger charge is -2.30. The van der Waals surface area contributed by atoms with Crippen molar-refractivity contribution in [1.82, 2.24) is 20.9 Å². The zero-order chi connectivity index (χ0) is 23.1. The fourth-order valence-corrected chi connectivity index (χ4v) is 3.87. The van der Waals surface area contributed by atoms with Gasteiger partial charge in [0.15, 0.2) is 6.04 Å². The van der Waals surface area contributed by atoms with Crippen molar-refractivity contribution < 1.29 is 34.2 Å². The van der Waals surface area contributed by atoms with Gasteiger partial charge in [0.05, 0.1) is 12.1 Å². The summed E-state index contributed by atoms with van der Waals surface area (Å²) in [6.45, 7) is 2.18. The molecule has 0 bridgehead atoms. The van der Waals surface area contributed by atoms with Gasteiger partial charge in [0, 0.05) is 13.0 Å². The SMILES string of the molecule is CC(O)C(NC(=O)C1CCCN1C(=O)C(CCC(N)=O)NC(=O)C1CCCN1)C(=O)O. The van der Waals surface area contributed by atoms with Crippen molar-refractivity contribution in [2.24, 2.45) is 5.73 Å². The number of carboxylic acids is 1. The average molecular weight is 441 g/mol. The molecule has 5 unspecified atom stereocenters. The number of carbonyl (C=O) groups excluding carboxylic acids is 4. The molecule has 2 heterocycles. The van der Waals surface area contributed by atoms with Crippen LogP contribution in [0.2, 0.25) is 0 Å². The van der Waals surface area contributed by atoms with Gasteiger partial charge in [0.25, 0.3) is 0 Å². The van der Waals surface area contributed by atoms with E-state index < -0.39 is 54.0 Å². The van der Waals surface area contributed by atoms with Crippen LogP contribution in [-0.4, -0.2) is 88.1 Å². The lowest BCUT2D eigenvalue weighted by Crippen LogP contribution is -2.57. The number of aliphatic hydroxyl groups excluding tert-OH is 1. The molecule has 0 aliphatic carbocycles. The quantitative estimate of drug-likeness (QED) is 0.213. The first kappa shape index (κ1) is 24.5. The maximum atomic E-state index is 13.2. The number of aliphatic carboxylic acids is 1. The predicted octanol–water partition coefficient (Wildman–Crippen LogP) is -2.57. The zero-order valence-corrected chi connectivity index (χ0v) is 17.5. The number of nitrogens with two attached hydrogens (primary N) is 1. The number of rotatable bonds is 10. The normalized spacial score (nSPS) is 23.6. The average Bonchev–Trinajstić information content (AvgIpc) is 3.39. The monoisotopic (exact) mass is 441 g/mol. The molecule has 174 valence electrons. The van der Waals surface area contributed by atoms with Gasteiger partial charge in [-0.25, -0.2) is 4.79 Å². The summed E-state index contributed by atoms with van der Waals surface area (Å²) in [5.41, 5.74) is 5.20. The minimum atomic E-state index is -1.51. The van der Waals surface area contributed by atoms with E-state index in [4.69, 9.17) is 5.73 Å². The summed E-state index contributed by atoms with van der Waals surface area (Å²) in [5.74, 6) is -3.61. The molecule has 7 N–H and O–H groups in total. The highest BCUT2D eigenvalue weighted by molar-refractivity contribution is 5.95. The number of nitrogens with zero attached hydrogens (tertiary/aromatic N) is 1. The molecule has 0 saturated carbocycles. The van der Waals surface area contributed by atoms with Gasteiger partial charge in [-0.05, 0) is 45.6 Å². The Morgan fingerprint density at radius 2 is 1.84 bits per heavy atom. The molecule has 2 saturated heterocycles. The number of hydrogen-bond donors (Lipinski definition) is 6. The minimum Gasteiger partial charge on any atom is -0.480 e. The van der Waals surface area contributed by atoms with Gasteiger partial charge >= 0.3 is 5.97 Å². The molecular weight excluding hydrogens is 410 g/mol. The van der Waals surface area contributed by atoms with Gasteiger partial charge in [0.1, 0.15) is 12.1 Å². The molecular formula is C19H31N5O7. The molecule has 2 fully saturated rings. The second kappa shape index (κ2) is 11.0. The second-order valence-electron chi connectivity index (χ2n) is 7.97. The van der Waals surface area contributed by atoms with Crippen molar-refractivity contribution in [3.05, 3.63) is 0 Å². The van der Waals surface area contributed by atoms with Crippen LogP contribution in [0.4, 0.5) is 0 Å². The van der Waals surface area contributed by atoms with E-state index in [2.05, 4.69) is 16.0 Å². The Kier molecular flexibility index (Phi) is 8.75. The van der Waals surface area contributed by atoms with Crippen LogP contribution in [0.15, 0.2) is 0 Å². The van der Waals surface area contributed by atoms with Gasteiger partial charge in [-0.1, -0.05) is 0 Å². The van der Waals surface area contributed by atoms with Crippen molar-refractivity contribution in [3.8, 4) is 0 Å². The highest BCUT2D eigenvalue weighted by Gasteiger charge is 2.40. The Labute approximate surface area is 179 Å². The van der Waals surface area contributed by atoms with Crippen LogP contribution in [0.25, 0.3) is 0 Å². The first-order valence-corrected chi connectivity index (χ1v) is 10.5. The summed E-state index contributed by atoms with van der Waals surface area (Å²) >= 11 is 0. The Bertz CT molecular complexity index is 708. The summed E-state index contributed by atoms with van der Waals surface area (Å²) < 4.78 is 0. The van der Waals surface area contributed by atoms with Gasteiger partial charge in [-0.15, -0.1) is 0 Å². The molecule has 0 aromatic carbocycles. The van der Waals surface area contributed by atoms with Crippen LogP contribution in [0, 0.1) is 0 Å². The molecule has 12 heteroatoms. The maximum Gasteiger partial charge on any atom is 0.328 e. The number of primary amides is 1. The molecule has 12 nitrogen and oxygen atoms in total. The van der Waals surface area contributed by atoms with Gasteiger partial charge in [-0.3, -0.25) is 19.2 Å². The zero-order valence-electron chi connectivity index (χ0n) is 17.5. The Hall–Kier alpha value is -2.73. The third kappa shape index (κ3) is 6.62. The lowest BCUT2D eigenvalue weighted by molar-refractivity contribution is -0.147. The Balaban J connectivity index is 2.11. The lowest BCUT2D eigenvalue weighted by atomic mass is 10.1. The molecule has 2 aliphatic heterocycles. The Morgan fingerprint density at radius 1 is 1.13 bits per heavy atom. The van der Waals surface area contributed by atoms with Gasteiger partial charge < -0.3 is 36.8 Å². The van der Waals surface area contributed by atoms with E-state index >= 15 is 0 Å². The highest BCUT2D eigenvalue weighted by Crippen LogP contribution is 2.20. The van der Waals surface area contributed by atoms with Crippen LogP contribution in [0.1, 0.15) is 45.4 Å². The van der Waals surface area contributed by atoms with E-state index in [9.17, 15) is 34.2 Å². The molecule has 5 atom stereocenters. The van der Waals surface area contributed by atoms with E-state index in [1.165, 1.54) is 11.8 Å². The number of amides is 4. The van der Waals surface area contributed by atoms with Crippen molar-refractivity contribution in [2.45, 2.75) is 75.7 Å². The minimum absolute atomic E-state index is 0.0110. The third-order valence-electron chi connectivity index (χ3n) is 5.56. The van der Waals surface area contributed by atoms with Crippen molar-refractivity contribution in [3.63, 3.8) is 0 Å². The first-order chi connectivity index (χ1) is 14.6. The van der Waals surface area contributed by atoms with E-state index in [-0.39, 0.29) is 25.3 Å². The number of likely N-dealkylation sites (tertiary alicyclic amines) is 1. The fourth-order valence-electron chi connectivity index (χ4n) is 3.87. The van der Waals surface area contributed by atoms with Crippen LogP contribution < -0.4 is 21.7 Å². The standard InChI is InChI=1S/C19H31N5O7/c1-10(25)15(19(30)31)23-17(28)13-5-3-9-24(13)18(29)12(6-7-14(20)26)22-16(27)11-4-2-8-21-11/h10-13,15,21,25H,2-9H2,1H3,(H2,20,26)(H,22,27)(H,23,28)(H,30,31). The van der Waals surface area contributed by atoms with Crippen LogP contribution in [0.5, 0.6) is 0 Å². The fraction of sp³-hybridized carbons (Fsp3) is 0.737. The number of carboxylic acid groups (broad SMARTS) is 1. The molecule has 2 aliphatic rings. The van der Waals surface area contributed by atoms with E-state index in [0.717, 1.165) is 6.42 Å². The van der Waals surface area contributed by atoms with Crippen molar-refractivity contribution >= 4 is 29.6 Å². The first-order valence-electron chi connectivity index (χ1n) is 10.5. The van der Waals surface area contributed by atoms with Gasteiger partial charge in [0.2, 0.25) is 23.6 Å². The van der Waals surface area contributed by atoms with Gasteiger partial charge in [-0.2, -0.15) is 0 Å². The summed E-state index contributed by atoms with van der Waals surface area (Å²) in [7, 11) is 0. The van der Waals surface area contributed by atoms with Crippen LogP contribution >= 0.6 is 0 Å². The topological polar surface area (TPSA) is 191 Å². The Morgan fingerprint density at radius 3 is 2.39 bits per heavy atom. The molecule has 0 aromatic rings. The number of nitrogens with one attached hydrogen (secondary N) is 3. The predicted molar refractivity (Wildman–Crippen MR) is 107 cm³/mol. The van der Waals surface area contributed by atoms with E-state index in [1.807, 2.05) is 0 Å². The molecule has 0 radical (unpaired) electrons. The molecule has 0 spiro atoms. The summed E-state index contributed by atoms with van der Waals surface area (Å²) in [6.07, 6.45) is 0.828. The van der Waals surface area contributed by atoms with E-state index in [0.29, 0.717) is 25.8 Å². The highest BCUT2D eigenvalue weighted by atomic mass is 16.4. The number of hydrogen-bond acceptors (Lipinski definition) is 7. The van der Waals surface area contributed by atoms with E-state index in [1.54, 1.807) is 0 Å². The maximum absolute atomic E-state index is 13.2. The number of aliphatic hydroxyl groups is 1. The third-order valence-corrected chi connectivity index (χ3v) is 5.56. The smallest absolute Gasteiger partial charge is 0.328 e. The largest absolute Gasteiger partial charge is 0.480 e. The molecule has 2 rings (SSSR count). The summed E-state index contributed by atoms with van der Waals surface area (Å²) in [5, 5.41) is 26.7. The summed E-state index contributed by atoms with van der Waals surface area (Å²) in [4.78, 5) is 62.1. The molecule has 31 heavy (non-hydrogen) atoms. The molecule has 0 aromatic heterocycles. The van der Waals surface area contributed by atoms with Crippen LogP contribution in [0.3, 0.4) is 0 Å². The summed E-state index contributed by atoms with van der Waals surface area (Å²) in [6, 6.07) is -3.92. The van der Waals surface area contributed by atoms with Crippen molar-refractivity contribution in [1.29, 1.82) is 0 Å². The van der Waals surface area contributed by atoms with Crippen molar-refractivity contribution in [2.75, 3.05) is 13.1 Å². The molecule has 4 amide bonds. The number of carbonyl (C=O) groups is 5. The second-order valence-corrected chi connectivity index (χ2v) is 7.97.